The molecule has 154 valence electrons. The van der Waals surface area contributed by atoms with Crippen LogP contribution in [-0.2, 0) is 15.7 Å². The number of nitro benzene ring substituents is 1. The van der Waals surface area contributed by atoms with Crippen LogP contribution in [0.5, 0.6) is 0 Å². The number of benzene rings is 2. The van der Waals surface area contributed by atoms with E-state index in [9.17, 15) is 28.1 Å². The van der Waals surface area contributed by atoms with Crippen molar-refractivity contribution >= 4 is 17.3 Å². The molecule has 0 saturated carbocycles. The lowest BCUT2D eigenvalue weighted by Crippen LogP contribution is -2.48. The summed E-state index contributed by atoms with van der Waals surface area (Å²) in [7, 11) is 0. The van der Waals surface area contributed by atoms with Crippen LogP contribution in [0.4, 0.5) is 24.5 Å². The molecule has 0 bridgehead atoms. The van der Waals surface area contributed by atoms with Crippen molar-refractivity contribution in [2.75, 3.05) is 18.5 Å². The second-order valence-electron chi connectivity index (χ2n) is 6.59. The van der Waals surface area contributed by atoms with Crippen molar-refractivity contribution in [3.63, 3.8) is 0 Å². The predicted octanol–water partition coefficient (Wildman–Crippen LogP) is 3.59. The summed E-state index contributed by atoms with van der Waals surface area (Å²) in [6.07, 6.45) is -5.55. The van der Waals surface area contributed by atoms with E-state index in [0.717, 1.165) is 6.07 Å². The second-order valence-corrected chi connectivity index (χ2v) is 6.59. The summed E-state index contributed by atoms with van der Waals surface area (Å²) >= 11 is 0. The molecule has 0 unspecified atom stereocenters. The number of morpholine rings is 1. The zero-order valence-corrected chi connectivity index (χ0v) is 15.3. The van der Waals surface area contributed by atoms with Crippen molar-refractivity contribution < 1.29 is 27.6 Å². The Balaban J connectivity index is 1.80. The van der Waals surface area contributed by atoms with Gasteiger partial charge >= 0.3 is 6.18 Å². The van der Waals surface area contributed by atoms with E-state index < -0.39 is 34.7 Å². The molecule has 0 radical (unpaired) electrons. The molecule has 1 amide bonds. The van der Waals surface area contributed by atoms with Gasteiger partial charge in [-0.05, 0) is 30.2 Å². The van der Waals surface area contributed by atoms with Crippen LogP contribution in [0.3, 0.4) is 0 Å². The van der Waals surface area contributed by atoms with Crippen molar-refractivity contribution in [1.29, 1.82) is 0 Å². The van der Waals surface area contributed by atoms with Crippen molar-refractivity contribution in [1.82, 2.24) is 5.32 Å². The first-order valence-corrected chi connectivity index (χ1v) is 8.75. The summed E-state index contributed by atoms with van der Waals surface area (Å²) in [5, 5.41) is 16.4. The first-order valence-electron chi connectivity index (χ1n) is 8.75. The van der Waals surface area contributed by atoms with Crippen LogP contribution in [0.15, 0.2) is 42.5 Å². The molecule has 2 N–H and O–H groups in total. The van der Waals surface area contributed by atoms with Crippen LogP contribution in [0.2, 0.25) is 0 Å². The standard InChI is InChI=1S/C19H18F3N3O4/c1-11-2-5-13(10-15(11)19(20,21)22)24-18(26)17-16(23-8-9-29-17)12-3-6-14(7-4-12)25(27)28/h2-7,10,16-17,23H,8-9H2,1H3,(H,24,26)/t16-,17-/m1/s1. The van der Waals surface area contributed by atoms with Crippen LogP contribution in [-0.4, -0.2) is 30.1 Å². The summed E-state index contributed by atoms with van der Waals surface area (Å²) in [5.74, 6) is -0.613. The average molecular weight is 409 g/mol. The molecular formula is C19H18F3N3O4. The first-order chi connectivity index (χ1) is 13.7. The minimum Gasteiger partial charge on any atom is -0.365 e. The number of nitro groups is 1. The van der Waals surface area contributed by atoms with Crippen LogP contribution in [0.1, 0.15) is 22.7 Å². The number of amides is 1. The second kappa shape index (κ2) is 8.18. The number of anilines is 1. The highest BCUT2D eigenvalue weighted by Gasteiger charge is 2.35. The van der Waals surface area contributed by atoms with E-state index in [1.807, 2.05) is 0 Å². The molecule has 10 heteroatoms. The fourth-order valence-corrected chi connectivity index (χ4v) is 3.15. The average Bonchev–Trinajstić information content (AvgIpc) is 2.68. The molecule has 2 atom stereocenters. The van der Waals surface area contributed by atoms with Gasteiger partial charge in [0.1, 0.15) is 0 Å². The lowest BCUT2D eigenvalue weighted by molar-refractivity contribution is -0.384. The summed E-state index contributed by atoms with van der Waals surface area (Å²) in [4.78, 5) is 23.0. The Labute approximate surface area is 164 Å². The van der Waals surface area contributed by atoms with Crippen molar-refractivity contribution in [2.24, 2.45) is 0 Å². The number of aryl methyl sites for hydroxylation is 1. The monoisotopic (exact) mass is 409 g/mol. The van der Waals surface area contributed by atoms with E-state index in [1.54, 1.807) is 0 Å². The number of ether oxygens (including phenoxy) is 1. The van der Waals surface area contributed by atoms with Gasteiger partial charge in [0.15, 0.2) is 6.10 Å². The summed E-state index contributed by atoms with van der Waals surface area (Å²) in [6.45, 7) is 2.03. The molecule has 2 aromatic rings. The maximum absolute atomic E-state index is 13.1. The van der Waals surface area contributed by atoms with Gasteiger partial charge in [-0.2, -0.15) is 13.2 Å². The number of nitrogens with zero attached hydrogens (tertiary/aromatic N) is 1. The smallest absolute Gasteiger partial charge is 0.365 e. The van der Waals surface area contributed by atoms with Crippen LogP contribution in [0.25, 0.3) is 0 Å². The Morgan fingerprint density at radius 3 is 2.55 bits per heavy atom. The third kappa shape index (κ3) is 4.72. The Morgan fingerprint density at radius 2 is 1.93 bits per heavy atom. The summed E-state index contributed by atoms with van der Waals surface area (Å²) in [6, 6.07) is 8.61. The molecule has 0 aliphatic carbocycles. The Bertz CT molecular complexity index is 916. The molecule has 1 heterocycles. The van der Waals surface area contributed by atoms with E-state index in [2.05, 4.69) is 10.6 Å². The minimum absolute atomic E-state index is 0.00421. The number of carbonyl (C=O) groups is 1. The highest BCUT2D eigenvalue weighted by atomic mass is 19.4. The molecule has 1 aliphatic rings. The Hall–Kier alpha value is -2.98. The number of hydrogen-bond acceptors (Lipinski definition) is 5. The zero-order chi connectivity index (χ0) is 21.2. The van der Waals surface area contributed by atoms with Gasteiger partial charge in [-0.25, -0.2) is 0 Å². The molecule has 0 spiro atoms. The third-order valence-electron chi connectivity index (χ3n) is 4.60. The van der Waals surface area contributed by atoms with Gasteiger partial charge in [0.05, 0.1) is 23.1 Å². The van der Waals surface area contributed by atoms with Gasteiger partial charge in [0.25, 0.3) is 11.6 Å². The van der Waals surface area contributed by atoms with Gasteiger partial charge in [-0.3, -0.25) is 14.9 Å². The number of nitrogens with one attached hydrogen (secondary N) is 2. The summed E-state index contributed by atoms with van der Waals surface area (Å²) in [5.41, 5.74) is -0.273. The van der Waals surface area contributed by atoms with Gasteiger partial charge in [-0.15, -0.1) is 0 Å². The molecule has 29 heavy (non-hydrogen) atoms. The number of hydrogen-bond donors (Lipinski definition) is 2. The molecule has 7 nitrogen and oxygen atoms in total. The topological polar surface area (TPSA) is 93.5 Å². The van der Waals surface area contributed by atoms with E-state index in [-0.39, 0.29) is 23.5 Å². The normalized spacial score (nSPS) is 19.6. The van der Waals surface area contributed by atoms with Crippen LogP contribution >= 0.6 is 0 Å². The van der Waals surface area contributed by atoms with Crippen LogP contribution in [0, 0.1) is 17.0 Å². The molecule has 1 fully saturated rings. The van der Waals surface area contributed by atoms with Gasteiger partial charge in [0, 0.05) is 24.4 Å². The zero-order valence-electron chi connectivity index (χ0n) is 15.3. The largest absolute Gasteiger partial charge is 0.416 e. The lowest BCUT2D eigenvalue weighted by Gasteiger charge is -2.32. The quantitative estimate of drug-likeness (QED) is 0.595. The molecule has 3 rings (SSSR count). The Kier molecular flexibility index (Phi) is 5.85. The number of rotatable bonds is 4. The van der Waals surface area contributed by atoms with Crippen molar-refractivity contribution in [3.8, 4) is 0 Å². The van der Waals surface area contributed by atoms with E-state index in [1.165, 1.54) is 43.3 Å². The maximum Gasteiger partial charge on any atom is 0.416 e. The lowest BCUT2D eigenvalue weighted by atomic mass is 9.98. The van der Waals surface area contributed by atoms with Crippen LogP contribution < -0.4 is 10.6 Å². The fraction of sp³-hybridized carbons (Fsp3) is 0.316. The fourth-order valence-electron chi connectivity index (χ4n) is 3.15. The molecule has 1 saturated heterocycles. The predicted molar refractivity (Wildman–Crippen MR) is 98.4 cm³/mol. The number of alkyl halides is 3. The van der Waals surface area contributed by atoms with Gasteiger partial charge in [-0.1, -0.05) is 18.2 Å². The number of carbonyl (C=O) groups excluding carboxylic acids is 1. The molecule has 1 aliphatic heterocycles. The van der Waals surface area contributed by atoms with Crippen molar-refractivity contribution in [3.05, 3.63) is 69.3 Å². The summed E-state index contributed by atoms with van der Waals surface area (Å²) < 4.78 is 44.8. The number of non-ortho nitro benzene ring substituents is 1. The van der Waals surface area contributed by atoms with Gasteiger partial charge in [0.2, 0.25) is 0 Å². The molecule has 2 aromatic carbocycles. The van der Waals surface area contributed by atoms with Gasteiger partial charge < -0.3 is 15.4 Å². The third-order valence-corrected chi connectivity index (χ3v) is 4.60. The highest BCUT2D eigenvalue weighted by Crippen LogP contribution is 2.34. The van der Waals surface area contributed by atoms with E-state index in [4.69, 9.17) is 4.74 Å². The number of halogens is 3. The maximum atomic E-state index is 13.1. The van der Waals surface area contributed by atoms with Crippen molar-refractivity contribution in [2.45, 2.75) is 25.2 Å². The van der Waals surface area contributed by atoms with E-state index >= 15 is 0 Å². The van der Waals surface area contributed by atoms with E-state index in [0.29, 0.717) is 12.1 Å². The Morgan fingerprint density at radius 1 is 1.24 bits per heavy atom. The molecule has 0 aromatic heterocycles. The minimum atomic E-state index is -4.53. The SMILES string of the molecule is Cc1ccc(NC(=O)[C@@H]2OCCN[C@@H]2c2ccc([N+](=O)[O-])cc2)cc1C(F)(F)F. The highest BCUT2D eigenvalue weighted by molar-refractivity contribution is 5.95. The first kappa shape index (κ1) is 20.7. The molecular weight excluding hydrogens is 391 g/mol.